The van der Waals surface area contributed by atoms with Gasteiger partial charge in [0.25, 0.3) is 5.91 Å². The molecule has 4 nitrogen and oxygen atoms in total. The van der Waals surface area contributed by atoms with E-state index in [9.17, 15) is 13.2 Å². The lowest BCUT2D eigenvalue weighted by Crippen LogP contribution is -2.38. The summed E-state index contributed by atoms with van der Waals surface area (Å²) in [4.78, 5) is 14.5. The van der Waals surface area contributed by atoms with E-state index in [1.54, 1.807) is 11.9 Å². The van der Waals surface area contributed by atoms with E-state index in [4.69, 9.17) is 0 Å². The Morgan fingerprint density at radius 2 is 1.72 bits per heavy atom. The van der Waals surface area contributed by atoms with Gasteiger partial charge < -0.3 is 4.90 Å². The number of benzene rings is 2. The third-order valence-corrected chi connectivity index (χ3v) is 6.60. The van der Waals surface area contributed by atoms with Crippen LogP contribution in [-0.4, -0.2) is 43.8 Å². The number of carbonyl (C=O) groups is 1. The van der Waals surface area contributed by atoms with E-state index in [2.05, 4.69) is 12.1 Å². The van der Waals surface area contributed by atoms with E-state index in [0.29, 0.717) is 12.0 Å². The maximum Gasteiger partial charge on any atom is 0.254 e. The van der Waals surface area contributed by atoms with Crippen LogP contribution in [0.4, 0.5) is 0 Å². The first-order valence-corrected chi connectivity index (χ1v) is 10.4. The molecular formula is C20H23NO3S. The number of sulfone groups is 1. The Labute approximate surface area is 149 Å². The molecule has 1 aliphatic heterocycles. The molecule has 1 amide bonds. The van der Waals surface area contributed by atoms with Crippen LogP contribution in [-0.2, 0) is 22.7 Å². The SMILES string of the molecule is CN(C(=O)c1ccccc1CCc1ccccc1)C1CCS(=O)(=O)C1. The lowest BCUT2D eigenvalue weighted by molar-refractivity contribution is 0.0746. The van der Waals surface area contributed by atoms with Crippen molar-refractivity contribution in [2.24, 2.45) is 0 Å². The second kappa shape index (κ2) is 7.40. The summed E-state index contributed by atoms with van der Waals surface area (Å²) >= 11 is 0. The Morgan fingerprint density at radius 3 is 2.40 bits per heavy atom. The van der Waals surface area contributed by atoms with Gasteiger partial charge in [0.2, 0.25) is 0 Å². The molecule has 2 aromatic carbocycles. The lowest BCUT2D eigenvalue weighted by Gasteiger charge is -2.24. The summed E-state index contributed by atoms with van der Waals surface area (Å²) in [6.07, 6.45) is 2.17. The highest BCUT2D eigenvalue weighted by Gasteiger charge is 2.33. The van der Waals surface area contributed by atoms with Crippen molar-refractivity contribution in [1.82, 2.24) is 4.90 Å². The molecular weight excluding hydrogens is 334 g/mol. The number of carbonyl (C=O) groups excluding carboxylic acids is 1. The zero-order valence-electron chi connectivity index (χ0n) is 14.4. The average Bonchev–Trinajstić information content (AvgIpc) is 3.00. The topological polar surface area (TPSA) is 54.5 Å². The van der Waals surface area contributed by atoms with Gasteiger partial charge in [-0.15, -0.1) is 0 Å². The molecule has 0 aliphatic carbocycles. The Balaban J connectivity index is 1.74. The van der Waals surface area contributed by atoms with Gasteiger partial charge in [-0.05, 0) is 36.5 Å². The molecule has 1 aliphatic rings. The fraction of sp³-hybridized carbons (Fsp3) is 0.350. The molecule has 1 saturated heterocycles. The zero-order valence-corrected chi connectivity index (χ0v) is 15.2. The maximum atomic E-state index is 12.9. The second-order valence-corrected chi connectivity index (χ2v) is 8.84. The molecule has 1 unspecified atom stereocenters. The van der Waals surface area contributed by atoms with Gasteiger partial charge in [0, 0.05) is 18.7 Å². The van der Waals surface area contributed by atoms with Crippen LogP contribution in [0.3, 0.4) is 0 Å². The van der Waals surface area contributed by atoms with Gasteiger partial charge in [0.15, 0.2) is 9.84 Å². The first-order chi connectivity index (χ1) is 12.0. The van der Waals surface area contributed by atoms with Crippen molar-refractivity contribution >= 4 is 15.7 Å². The van der Waals surface area contributed by atoms with E-state index in [-0.39, 0.29) is 23.5 Å². The molecule has 132 valence electrons. The molecule has 5 heteroatoms. The van der Waals surface area contributed by atoms with Crippen molar-refractivity contribution in [1.29, 1.82) is 0 Å². The Morgan fingerprint density at radius 1 is 1.04 bits per heavy atom. The van der Waals surface area contributed by atoms with Crippen LogP contribution in [0.2, 0.25) is 0 Å². The van der Waals surface area contributed by atoms with Crippen LogP contribution in [0, 0.1) is 0 Å². The van der Waals surface area contributed by atoms with Crippen LogP contribution >= 0.6 is 0 Å². The standard InChI is InChI=1S/C20H23NO3S/c1-21(18-13-14-25(23,24)15-18)20(22)19-10-6-5-9-17(19)12-11-16-7-3-2-4-8-16/h2-10,18H,11-15H2,1H3. The summed E-state index contributed by atoms with van der Waals surface area (Å²) in [7, 11) is -1.30. The van der Waals surface area contributed by atoms with Gasteiger partial charge in [-0.3, -0.25) is 4.79 Å². The summed E-state index contributed by atoms with van der Waals surface area (Å²) in [5, 5.41) is 0. The molecule has 1 heterocycles. The van der Waals surface area contributed by atoms with E-state index in [1.165, 1.54) is 5.56 Å². The second-order valence-electron chi connectivity index (χ2n) is 6.62. The maximum absolute atomic E-state index is 12.9. The predicted octanol–water partition coefficient (Wildman–Crippen LogP) is 2.73. The van der Waals surface area contributed by atoms with Crippen molar-refractivity contribution in [2.45, 2.75) is 25.3 Å². The minimum Gasteiger partial charge on any atom is -0.338 e. The highest BCUT2D eigenvalue weighted by molar-refractivity contribution is 7.91. The first-order valence-electron chi connectivity index (χ1n) is 8.56. The van der Waals surface area contributed by atoms with Crippen LogP contribution in [0.5, 0.6) is 0 Å². The molecule has 1 fully saturated rings. The van der Waals surface area contributed by atoms with E-state index in [0.717, 1.165) is 18.4 Å². The van der Waals surface area contributed by atoms with Crippen LogP contribution < -0.4 is 0 Å². The quantitative estimate of drug-likeness (QED) is 0.827. The van der Waals surface area contributed by atoms with Crippen molar-refractivity contribution in [3.63, 3.8) is 0 Å². The zero-order chi connectivity index (χ0) is 17.9. The normalized spacial score (nSPS) is 18.8. The molecule has 0 saturated carbocycles. The first kappa shape index (κ1) is 17.7. The molecule has 0 radical (unpaired) electrons. The third-order valence-electron chi connectivity index (χ3n) is 4.85. The smallest absolute Gasteiger partial charge is 0.254 e. The number of hydrogen-bond donors (Lipinski definition) is 0. The number of aryl methyl sites for hydroxylation is 2. The van der Waals surface area contributed by atoms with E-state index < -0.39 is 9.84 Å². The molecule has 1 atom stereocenters. The molecule has 0 spiro atoms. The summed E-state index contributed by atoms with van der Waals surface area (Å²) in [6.45, 7) is 0. The number of amides is 1. The van der Waals surface area contributed by atoms with Gasteiger partial charge in [-0.2, -0.15) is 0 Å². The van der Waals surface area contributed by atoms with E-state index >= 15 is 0 Å². The Hall–Kier alpha value is -2.14. The number of hydrogen-bond acceptors (Lipinski definition) is 3. The fourth-order valence-corrected chi connectivity index (χ4v) is 5.08. The lowest BCUT2D eigenvalue weighted by atomic mass is 9.98. The molecule has 0 N–H and O–H groups in total. The predicted molar refractivity (Wildman–Crippen MR) is 99.4 cm³/mol. The monoisotopic (exact) mass is 357 g/mol. The summed E-state index contributed by atoms with van der Waals surface area (Å²) in [5.41, 5.74) is 2.91. The summed E-state index contributed by atoms with van der Waals surface area (Å²) in [5.74, 6) is 0.151. The van der Waals surface area contributed by atoms with Crippen LogP contribution in [0.25, 0.3) is 0 Å². The molecule has 0 bridgehead atoms. The van der Waals surface area contributed by atoms with Gasteiger partial charge in [0.1, 0.15) is 0 Å². The summed E-state index contributed by atoms with van der Waals surface area (Å²) < 4.78 is 23.4. The van der Waals surface area contributed by atoms with Crippen LogP contribution in [0.1, 0.15) is 27.9 Å². The molecule has 25 heavy (non-hydrogen) atoms. The number of rotatable bonds is 5. The highest BCUT2D eigenvalue weighted by Crippen LogP contribution is 2.21. The summed E-state index contributed by atoms with van der Waals surface area (Å²) in [6, 6.07) is 17.6. The van der Waals surface area contributed by atoms with Crippen molar-refractivity contribution in [2.75, 3.05) is 18.6 Å². The van der Waals surface area contributed by atoms with Gasteiger partial charge >= 0.3 is 0 Å². The average molecular weight is 357 g/mol. The number of nitrogens with zero attached hydrogens (tertiary/aromatic N) is 1. The van der Waals surface area contributed by atoms with E-state index in [1.807, 2.05) is 42.5 Å². The molecule has 0 aromatic heterocycles. The van der Waals surface area contributed by atoms with Crippen molar-refractivity contribution in [3.05, 3.63) is 71.3 Å². The van der Waals surface area contributed by atoms with Crippen LogP contribution in [0.15, 0.2) is 54.6 Å². The minimum absolute atomic E-state index is 0.0709. The molecule has 2 aromatic rings. The highest BCUT2D eigenvalue weighted by atomic mass is 32.2. The largest absolute Gasteiger partial charge is 0.338 e. The third kappa shape index (κ3) is 4.28. The molecule has 3 rings (SSSR count). The van der Waals surface area contributed by atoms with Crippen molar-refractivity contribution in [3.8, 4) is 0 Å². The Kier molecular flexibility index (Phi) is 5.23. The Bertz CT molecular complexity index is 846. The fourth-order valence-electron chi connectivity index (χ4n) is 3.31. The van der Waals surface area contributed by atoms with Gasteiger partial charge in [-0.25, -0.2) is 8.42 Å². The van der Waals surface area contributed by atoms with Gasteiger partial charge in [-0.1, -0.05) is 48.5 Å². The van der Waals surface area contributed by atoms with Gasteiger partial charge in [0.05, 0.1) is 11.5 Å². The minimum atomic E-state index is -3.01. The van der Waals surface area contributed by atoms with Crippen molar-refractivity contribution < 1.29 is 13.2 Å².